The van der Waals surface area contributed by atoms with Crippen LogP contribution in [0.4, 0.5) is 0 Å². The third-order valence-electron chi connectivity index (χ3n) is 10.1. The summed E-state index contributed by atoms with van der Waals surface area (Å²) in [5.41, 5.74) is -0.814. The minimum atomic E-state index is -0.823. The summed E-state index contributed by atoms with van der Waals surface area (Å²) in [4.78, 5) is 24.1. The first kappa shape index (κ1) is 40.9. The molecule has 0 amide bonds. The van der Waals surface area contributed by atoms with Crippen LogP contribution in [0.5, 0.6) is 0 Å². The second kappa shape index (κ2) is 28.7. The maximum absolute atomic E-state index is 12.9. The fourth-order valence-corrected chi connectivity index (χ4v) is 7.14. The van der Waals surface area contributed by atoms with Gasteiger partial charge in [-0.25, -0.2) is 0 Å². The highest BCUT2D eigenvalue weighted by Crippen LogP contribution is 2.45. The summed E-state index contributed by atoms with van der Waals surface area (Å²) < 4.78 is 0. The number of carboxylic acid groups (broad SMARTS) is 2. The molecule has 0 saturated heterocycles. The molecule has 0 saturated carbocycles. The fourth-order valence-electron chi connectivity index (χ4n) is 7.14. The molecule has 250 valence electrons. The zero-order valence-electron chi connectivity index (χ0n) is 28.9. The van der Waals surface area contributed by atoms with Gasteiger partial charge < -0.3 is 10.2 Å². The van der Waals surface area contributed by atoms with E-state index in [4.69, 9.17) is 0 Å². The Morgan fingerprint density at radius 1 is 0.476 bits per heavy atom. The predicted molar refractivity (Wildman–Crippen MR) is 181 cm³/mol. The molecule has 0 bridgehead atoms. The van der Waals surface area contributed by atoms with E-state index in [1.165, 1.54) is 141 Å². The Morgan fingerprint density at radius 2 is 0.762 bits per heavy atom. The normalized spacial score (nSPS) is 14.5. The molecule has 0 heterocycles. The molecule has 0 radical (unpaired) electrons. The highest BCUT2D eigenvalue weighted by Gasteiger charge is 2.46. The van der Waals surface area contributed by atoms with Gasteiger partial charge in [0.05, 0.1) is 5.41 Å². The van der Waals surface area contributed by atoms with Gasteiger partial charge in [0.15, 0.2) is 0 Å². The standard InChI is InChI=1S/C38H74O4/c1-5-7-9-11-13-15-17-19-21-23-25-27-30-34(3)38(37(41)42,33-29-32-36(39)40)35(4)31-28-26-24-22-20-18-16-14-12-10-8-6-2/h34-35H,5-33H2,1-4H3,(H,39,40)(H,41,42). The summed E-state index contributed by atoms with van der Waals surface area (Å²) in [5.74, 6) is -1.39. The van der Waals surface area contributed by atoms with Crippen molar-refractivity contribution in [2.75, 3.05) is 0 Å². The zero-order valence-corrected chi connectivity index (χ0v) is 28.9. The number of hydrogen-bond acceptors (Lipinski definition) is 2. The summed E-state index contributed by atoms with van der Waals surface area (Å²) in [6, 6.07) is 0. The number of rotatable bonds is 33. The average Bonchev–Trinajstić information content (AvgIpc) is 2.96. The lowest BCUT2D eigenvalue weighted by atomic mass is 9.62. The van der Waals surface area contributed by atoms with Gasteiger partial charge in [-0.05, 0) is 37.5 Å². The average molecular weight is 595 g/mol. The van der Waals surface area contributed by atoms with Crippen molar-refractivity contribution in [2.24, 2.45) is 17.3 Å². The molecular weight excluding hydrogens is 520 g/mol. The quantitative estimate of drug-likeness (QED) is 0.0741. The molecule has 0 fully saturated rings. The van der Waals surface area contributed by atoms with Crippen molar-refractivity contribution in [1.82, 2.24) is 0 Å². The van der Waals surface area contributed by atoms with Crippen molar-refractivity contribution in [3.05, 3.63) is 0 Å². The lowest BCUT2D eigenvalue weighted by Gasteiger charge is -2.41. The highest BCUT2D eigenvalue weighted by atomic mass is 16.4. The van der Waals surface area contributed by atoms with Crippen molar-refractivity contribution in [3.63, 3.8) is 0 Å². The largest absolute Gasteiger partial charge is 0.481 e. The van der Waals surface area contributed by atoms with Gasteiger partial charge in [0.2, 0.25) is 0 Å². The van der Waals surface area contributed by atoms with E-state index in [1.54, 1.807) is 0 Å². The maximum Gasteiger partial charge on any atom is 0.310 e. The number of unbranched alkanes of at least 4 members (excludes halogenated alkanes) is 22. The van der Waals surface area contributed by atoms with E-state index in [0.717, 1.165) is 25.7 Å². The van der Waals surface area contributed by atoms with Crippen molar-refractivity contribution in [3.8, 4) is 0 Å². The second-order valence-electron chi connectivity index (χ2n) is 13.8. The molecule has 2 unspecified atom stereocenters. The summed E-state index contributed by atoms with van der Waals surface area (Å²) in [6.45, 7) is 8.80. The van der Waals surface area contributed by atoms with E-state index in [1.807, 2.05) is 0 Å². The first-order valence-corrected chi connectivity index (χ1v) is 18.8. The van der Waals surface area contributed by atoms with E-state index in [0.29, 0.717) is 12.8 Å². The summed E-state index contributed by atoms with van der Waals surface area (Å²) in [7, 11) is 0. The number of carboxylic acids is 2. The number of aliphatic carboxylic acids is 2. The fraction of sp³-hybridized carbons (Fsp3) is 0.947. The third kappa shape index (κ3) is 20.8. The minimum absolute atomic E-state index is 0.0612. The first-order chi connectivity index (χ1) is 20.3. The molecule has 0 aromatic rings. The predicted octanol–water partition coefficient (Wildman–Crippen LogP) is 12.8. The van der Waals surface area contributed by atoms with Crippen LogP contribution in [0.1, 0.15) is 214 Å². The van der Waals surface area contributed by atoms with Crippen LogP contribution in [-0.4, -0.2) is 22.2 Å². The molecule has 2 atom stereocenters. The molecule has 2 N–H and O–H groups in total. The monoisotopic (exact) mass is 595 g/mol. The van der Waals surface area contributed by atoms with Gasteiger partial charge in [-0.1, -0.05) is 182 Å². The van der Waals surface area contributed by atoms with Crippen molar-refractivity contribution in [2.45, 2.75) is 214 Å². The van der Waals surface area contributed by atoms with Gasteiger partial charge in [-0.15, -0.1) is 0 Å². The first-order valence-electron chi connectivity index (χ1n) is 18.8. The molecule has 0 aromatic carbocycles. The maximum atomic E-state index is 12.9. The minimum Gasteiger partial charge on any atom is -0.481 e. The molecule has 4 nitrogen and oxygen atoms in total. The van der Waals surface area contributed by atoms with Crippen LogP contribution < -0.4 is 0 Å². The van der Waals surface area contributed by atoms with Gasteiger partial charge in [0.25, 0.3) is 0 Å². The van der Waals surface area contributed by atoms with Crippen LogP contribution in [0.15, 0.2) is 0 Å². The molecule has 0 aliphatic carbocycles. The summed E-state index contributed by atoms with van der Waals surface area (Å²) in [5, 5.41) is 19.8. The number of carbonyl (C=O) groups is 2. The summed E-state index contributed by atoms with van der Waals surface area (Å²) >= 11 is 0. The van der Waals surface area contributed by atoms with Crippen LogP contribution in [-0.2, 0) is 9.59 Å². The second-order valence-corrected chi connectivity index (χ2v) is 13.8. The van der Waals surface area contributed by atoms with Crippen LogP contribution in [0.25, 0.3) is 0 Å². The molecule has 0 aliphatic rings. The van der Waals surface area contributed by atoms with Gasteiger partial charge in [0, 0.05) is 6.42 Å². The lowest BCUT2D eigenvalue weighted by molar-refractivity contribution is -0.159. The van der Waals surface area contributed by atoms with E-state index in [2.05, 4.69) is 27.7 Å². The molecule has 4 heteroatoms. The van der Waals surface area contributed by atoms with Crippen molar-refractivity contribution in [1.29, 1.82) is 0 Å². The Balaban J connectivity index is 4.49. The Bertz CT molecular complexity index is 582. The van der Waals surface area contributed by atoms with Crippen molar-refractivity contribution >= 4 is 11.9 Å². The molecular formula is C38H74O4. The molecule has 0 spiro atoms. The van der Waals surface area contributed by atoms with E-state index < -0.39 is 17.4 Å². The highest BCUT2D eigenvalue weighted by molar-refractivity contribution is 5.75. The van der Waals surface area contributed by atoms with Gasteiger partial charge in [-0.2, -0.15) is 0 Å². The molecule has 0 aliphatic heterocycles. The van der Waals surface area contributed by atoms with Gasteiger partial charge in [-0.3, -0.25) is 9.59 Å². The Hall–Kier alpha value is -1.06. The SMILES string of the molecule is CCCCCCCCCCCCCCC(C)C(CCCC(=O)O)(C(=O)O)C(C)CCCCCCCCCCCCCC. The zero-order chi connectivity index (χ0) is 31.3. The van der Waals surface area contributed by atoms with Crippen LogP contribution >= 0.6 is 0 Å². The third-order valence-corrected chi connectivity index (χ3v) is 10.1. The van der Waals surface area contributed by atoms with Crippen LogP contribution in [0.2, 0.25) is 0 Å². The Kier molecular flexibility index (Phi) is 28.0. The van der Waals surface area contributed by atoms with Crippen LogP contribution in [0, 0.1) is 17.3 Å². The molecule has 0 aromatic heterocycles. The molecule has 42 heavy (non-hydrogen) atoms. The number of hydrogen-bond donors (Lipinski definition) is 2. The summed E-state index contributed by atoms with van der Waals surface area (Å²) in [6.07, 6.45) is 34.2. The molecule has 0 rings (SSSR count). The van der Waals surface area contributed by atoms with Crippen LogP contribution in [0.3, 0.4) is 0 Å². The lowest BCUT2D eigenvalue weighted by Crippen LogP contribution is -2.43. The van der Waals surface area contributed by atoms with E-state index in [9.17, 15) is 19.8 Å². The van der Waals surface area contributed by atoms with E-state index >= 15 is 0 Å². The topological polar surface area (TPSA) is 74.6 Å². The van der Waals surface area contributed by atoms with E-state index in [-0.39, 0.29) is 18.3 Å². The van der Waals surface area contributed by atoms with Crippen molar-refractivity contribution < 1.29 is 19.8 Å². The smallest absolute Gasteiger partial charge is 0.310 e. The van der Waals surface area contributed by atoms with Gasteiger partial charge >= 0.3 is 11.9 Å². The Morgan fingerprint density at radius 3 is 1.02 bits per heavy atom. The Labute approximate surface area is 262 Å². The van der Waals surface area contributed by atoms with Gasteiger partial charge in [0.1, 0.15) is 0 Å².